The van der Waals surface area contributed by atoms with Gasteiger partial charge in [-0.2, -0.15) is 0 Å². The second kappa shape index (κ2) is 22.5. The van der Waals surface area contributed by atoms with Gasteiger partial charge in [0, 0.05) is 68.0 Å². The SMILES string of the molecule is CC[C@H](C)[C@@H]1NC(=O)CNC(=O)C2CC(=O)[C@H]([C@@H](C)[C@@H](O)CO)NC(=O)[C@@H]3CC(O)CN3C3(CCN4C(=O)[C@@H]5[C@H](C4=O)C4(C)C=CC5(C)O4)Oc4ccc5c(c([nH]c5c4)S(=O)CC(NC(=O)CNC1=O)C(=O)C[C@@H](CC(N)=O)C3=O)C2. The number of nitrogens with zero attached hydrogens (tertiary/aromatic N) is 2. The number of ketones is 3. The lowest BCUT2D eigenvalue weighted by molar-refractivity contribution is -0.170. The Bertz CT molecular complexity index is 3020. The molecule has 9 rings (SSSR count). The van der Waals surface area contributed by atoms with Crippen LogP contribution in [0.15, 0.2) is 35.4 Å². The lowest BCUT2D eigenvalue weighted by Gasteiger charge is -2.45. The third kappa shape index (κ3) is 10.9. The highest BCUT2D eigenvalue weighted by atomic mass is 32.2. The van der Waals surface area contributed by atoms with E-state index in [1.54, 1.807) is 39.8 Å². The number of Topliss-reactive ketones (excluding diaryl/α,β-unsaturated/α-hetero) is 3. The summed E-state index contributed by atoms with van der Waals surface area (Å²) >= 11 is 0. The molecule has 7 aliphatic heterocycles. The van der Waals surface area contributed by atoms with Gasteiger partial charge >= 0.3 is 0 Å². The summed E-state index contributed by atoms with van der Waals surface area (Å²) in [7, 11) is -2.37. The standard InChI is InChI=1S/C54H69N9O17S/c1-6-24(2)43-48(75)57-19-39(70)58-33-23-81(78)49-31-13-27(46(73)56-20-40(71)60-43)15-36(67)44(25(3)37(68)22-64)61-47(74)34-17-28(65)21-63(34)54(45(72)26(14-35(33)66)16-38(55)69,79-29-7-8-30(31)32(18-29)59-49)11-12-62-50(76)41-42(51(62)77)53(5)10-9-52(41,4)80-53/h7-10,18,24-28,33-34,37,41-44,59,64-65,68H,6,11-17,19-23H2,1-5H3,(H2,55,69)(H,56,73)(H,57,75)(H,58,70)(H,60,71)(H,61,74)/t24-,25-,26-,27?,28?,33?,34-,37-,41-,42+,43-,44-,52?,53?,54?,81?/m0/s1. The van der Waals surface area contributed by atoms with Crippen LogP contribution in [0.25, 0.3) is 10.9 Å². The molecule has 8 amide bonds. The Morgan fingerprint density at radius 3 is 2.16 bits per heavy atom. The molecule has 1 aromatic heterocycles. The van der Waals surface area contributed by atoms with Crippen molar-refractivity contribution >= 4 is 86.3 Å². The van der Waals surface area contributed by atoms with E-state index in [-0.39, 0.29) is 27.2 Å². The highest BCUT2D eigenvalue weighted by Crippen LogP contribution is 2.57. The summed E-state index contributed by atoms with van der Waals surface area (Å²) in [6.45, 7) is 4.50. The normalized spacial score (nSPS) is 35.3. The Morgan fingerprint density at radius 2 is 1.52 bits per heavy atom. The zero-order valence-corrected chi connectivity index (χ0v) is 46.3. The topological polar surface area (TPSA) is 392 Å². The quantitative estimate of drug-likeness (QED) is 0.0827. The van der Waals surface area contributed by atoms with Gasteiger partial charge in [-0.15, -0.1) is 0 Å². The smallest absolute Gasteiger partial charge is 0.243 e. The molecule has 7 aliphatic rings. The van der Waals surface area contributed by atoms with Crippen LogP contribution in [0, 0.1) is 35.5 Å². The van der Waals surface area contributed by atoms with E-state index in [2.05, 4.69) is 31.6 Å². The fourth-order valence-corrected chi connectivity index (χ4v) is 14.3. The first-order chi connectivity index (χ1) is 38.2. The molecule has 7 unspecified atom stereocenters. The molecule has 11 N–H and O–H groups in total. The van der Waals surface area contributed by atoms with Gasteiger partial charge in [0.05, 0.1) is 95.1 Å². The van der Waals surface area contributed by atoms with Crippen LogP contribution in [-0.4, -0.2) is 191 Å². The van der Waals surface area contributed by atoms with Crippen LogP contribution in [0.2, 0.25) is 0 Å². The number of benzene rings is 1. The van der Waals surface area contributed by atoms with Crippen molar-refractivity contribution in [2.24, 2.45) is 41.2 Å². The number of aromatic nitrogens is 1. The molecule has 0 aliphatic carbocycles. The number of likely N-dealkylation sites (tertiary alicyclic amines) is 1. The molecule has 3 saturated heterocycles. The molecule has 0 radical (unpaired) electrons. The lowest BCUT2D eigenvalue weighted by Crippen LogP contribution is -2.66. The van der Waals surface area contributed by atoms with Gasteiger partial charge in [-0.3, -0.25) is 61.8 Å². The van der Waals surface area contributed by atoms with Gasteiger partial charge < -0.3 is 62.1 Å². The number of hydrogen-bond acceptors (Lipinski definition) is 18. The van der Waals surface area contributed by atoms with Gasteiger partial charge in [0.1, 0.15) is 16.8 Å². The molecule has 2 aromatic rings. The average molecular weight is 1150 g/mol. The number of H-pyrrole nitrogens is 1. The summed E-state index contributed by atoms with van der Waals surface area (Å²) in [6.07, 6.45) is -3.58. The van der Waals surface area contributed by atoms with Crippen molar-refractivity contribution in [2.75, 3.05) is 38.5 Å². The van der Waals surface area contributed by atoms with Crippen molar-refractivity contribution in [1.82, 2.24) is 41.4 Å². The minimum Gasteiger partial charge on any atom is -0.465 e. The van der Waals surface area contributed by atoms with Gasteiger partial charge in [0.15, 0.2) is 17.3 Å². The first-order valence-corrected chi connectivity index (χ1v) is 28.6. The Kier molecular flexibility index (Phi) is 16.4. The van der Waals surface area contributed by atoms with Crippen LogP contribution in [0.1, 0.15) is 78.7 Å². The summed E-state index contributed by atoms with van der Waals surface area (Å²) in [4.78, 5) is 165. The number of carbonyl (C=O) groups excluding carboxylic acids is 11. The van der Waals surface area contributed by atoms with Gasteiger partial charge in [0.25, 0.3) is 0 Å². The van der Waals surface area contributed by atoms with E-state index < -0.39 is 241 Å². The predicted octanol–water partition coefficient (Wildman–Crippen LogP) is -3.20. The zero-order chi connectivity index (χ0) is 58.8. The number of nitrogens with one attached hydrogen (secondary N) is 6. The molecule has 8 heterocycles. The molecule has 26 nitrogen and oxygen atoms in total. The van der Waals surface area contributed by atoms with E-state index in [4.69, 9.17) is 15.2 Å². The van der Waals surface area contributed by atoms with Crippen LogP contribution in [0.4, 0.5) is 0 Å². The minimum atomic E-state index is -2.68. The third-order valence-electron chi connectivity index (χ3n) is 17.5. The lowest BCUT2D eigenvalue weighted by atomic mass is 9.73. The summed E-state index contributed by atoms with van der Waals surface area (Å²) < 4.78 is 28.3. The van der Waals surface area contributed by atoms with Crippen molar-refractivity contribution in [3.05, 3.63) is 35.9 Å². The molecule has 3 fully saturated rings. The summed E-state index contributed by atoms with van der Waals surface area (Å²) in [5.41, 5.74) is 1.10. The number of primary amides is 1. The van der Waals surface area contributed by atoms with Crippen molar-refractivity contribution in [3.8, 4) is 5.75 Å². The fraction of sp³-hybridized carbons (Fsp3) is 0.611. The zero-order valence-electron chi connectivity index (χ0n) is 45.4. The van der Waals surface area contributed by atoms with Crippen molar-refractivity contribution < 1.29 is 81.7 Å². The van der Waals surface area contributed by atoms with Gasteiger partial charge in [-0.05, 0) is 50.3 Å². The Morgan fingerprint density at radius 1 is 0.864 bits per heavy atom. The highest BCUT2D eigenvalue weighted by Gasteiger charge is 2.71. The van der Waals surface area contributed by atoms with E-state index in [1.807, 2.05) is 0 Å². The van der Waals surface area contributed by atoms with Crippen LogP contribution in [-0.2, 0) is 74.7 Å². The molecule has 0 spiro atoms. The fourth-order valence-electron chi connectivity index (χ4n) is 12.9. The Hall–Kier alpha value is -6.78. The van der Waals surface area contributed by atoms with Crippen molar-refractivity contribution in [2.45, 2.75) is 138 Å². The second-order valence-electron chi connectivity index (χ2n) is 23.0. The Labute approximate surface area is 467 Å². The summed E-state index contributed by atoms with van der Waals surface area (Å²) in [5, 5.41) is 46.0. The van der Waals surface area contributed by atoms with Gasteiger partial charge in [-0.25, -0.2) is 4.90 Å². The Balaban J connectivity index is 1.28. The third-order valence-corrected chi connectivity index (χ3v) is 18.9. The average Bonchev–Trinajstić information content (AvgIpc) is 4.09. The molecule has 438 valence electrons. The largest absolute Gasteiger partial charge is 0.465 e. The monoisotopic (exact) mass is 1150 g/mol. The number of nitrogens with two attached hydrogens (primary N) is 1. The molecular formula is C54H69N9O17S. The summed E-state index contributed by atoms with van der Waals surface area (Å²) in [6, 6.07) is -2.17. The maximum Gasteiger partial charge on any atom is 0.243 e. The number of amides is 8. The number of fused-ring (bicyclic) bond motifs is 12. The van der Waals surface area contributed by atoms with Crippen molar-refractivity contribution in [1.29, 1.82) is 0 Å². The van der Waals surface area contributed by atoms with E-state index in [0.29, 0.717) is 6.42 Å². The van der Waals surface area contributed by atoms with Crippen molar-refractivity contribution in [3.63, 3.8) is 0 Å². The van der Waals surface area contributed by atoms with Crippen LogP contribution >= 0.6 is 0 Å². The summed E-state index contributed by atoms with van der Waals surface area (Å²) in [5.74, 6) is -18.0. The molecule has 10 bridgehead atoms. The van der Waals surface area contributed by atoms with E-state index in [1.165, 1.54) is 25.1 Å². The van der Waals surface area contributed by atoms with Gasteiger partial charge in [-0.1, -0.05) is 39.3 Å². The number of hydrogen-bond donors (Lipinski definition) is 10. The number of aromatic amines is 1. The number of aliphatic hydroxyl groups excluding tert-OH is 3. The van der Waals surface area contributed by atoms with Crippen LogP contribution < -0.4 is 37.1 Å². The first-order valence-electron chi connectivity index (χ1n) is 27.3. The predicted molar refractivity (Wildman–Crippen MR) is 282 cm³/mol. The second-order valence-corrected chi connectivity index (χ2v) is 24.4. The van der Waals surface area contributed by atoms with Gasteiger partial charge in [0.2, 0.25) is 53.0 Å². The molecule has 16 atom stereocenters. The number of imide groups is 1. The maximum atomic E-state index is 16.3. The molecule has 1 aromatic carbocycles. The first kappa shape index (κ1) is 58.9. The molecule has 0 saturated carbocycles. The van der Waals surface area contributed by atoms with Crippen LogP contribution in [0.3, 0.4) is 0 Å². The van der Waals surface area contributed by atoms with E-state index in [9.17, 15) is 48.9 Å². The molecular weight excluding hydrogens is 1080 g/mol. The number of aliphatic hydroxyl groups is 3. The van der Waals surface area contributed by atoms with E-state index in [0.717, 1.165) is 9.80 Å². The maximum absolute atomic E-state index is 16.3. The van der Waals surface area contributed by atoms with E-state index >= 15 is 23.4 Å². The number of carbonyl (C=O) groups is 11. The number of rotatable bonds is 10. The number of ether oxygens (including phenoxy) is 2. The molecule has 27 heteroatoms. The molecule has 81 heavy (non-hydrogen) atoms. The van der Waals surface area contributed by atoms with Crippen LogP contribution in [0.5, 0.6) is 5.75 Å². The highest BCUT2D eigenvalue weighted by molar-refractivity contribution is 7.85. The minimum absolute atomic E-state index is 0.108.